The molecular formula is C25H29ClN4O2SSi. The third-order valence-electron chi connectivity index (χ3n) is 5.38. The number of rotatable bonds is 9. The molecule has 3 aromatic heterocycles. The first-order chi connectivity index (χ1) is 16.2. The summed E-state index contributed by atoms with van der Waals surface area (Å²) in [6, 6.07) is 14.4. The van der Waals surface area contributed by atoms with Crippen LogP contribution in [0.15, 0.2) is 55.0 Å². The molecule has 0 aliphatic rings. The van der Waals surface area contributed by atoms with E-state index in [1.807, 2.05) is 37.3 Å². The fourth-order valence-corrected chi connectivity index (χ4v) is 5.45. The van der Waals surface area contributed by atoms with Crippen LogP contribution in [0.4, 0.5) is 0 Å². The van der Waals surface area contributed by atoms with Crippen molar-refractivity contribution in [2.24, 2.45) is 0 Å². The van der Waals surface area contributed by atoms with Crippen molar-refractivity contribution < 1.29 is 9.84 Å². The molecule has 0 aliphatic carbocycles. The zero-order valence-electron chi connectivity index (χ0n) is 19.8. The molecule has 0 spiro atoms. The van der Waals surface area contributed by atoms with Gasteiger partial charge in [-0.2, -0.15) is 0 Å². The Morgan fingerprint density at radius 1 is 1.12 bits per heavy atom. The number of benzene rings is 1. The van der Waals surface area contributed by atoms with Crippen LogP contribution in [0.2, 0.25) is 30.7 Å². The molecule has 1 atom stereocenters. The monoisotopic (exact) mass is 512 g/mol. The standard InChI is InChI=1S/C25H29ClN4O2SSi/c1-17-13-19(9-10-27-17)22-14-21(23(31)18-5-7-20(26)8-6-18)24(33-22)25-28-15-30(29-25)16-32-11-12-34(2,3)4/h5-10,13-15,23,31H,11-12,16H2,1-4H3. The number of pyridine rings is 1. The van der Waals surface area contributed by atoms with Crippen molar-refractivity contribution in [3.8, 4) is 21.1 Å². The maximum atomic E-state index is 11.3. The SMILES string of the molecule is Cc1cc(-c2cc(C(O)c3ccc(Cl)cc3)c(-c3ncn(COCC[Si](C)(C)C)n3)s2)ccn1. The molecule has 0 amide bonds. The molecule has 0 saturated carbocycles. The number of aromatic nitrogens is 4. The minimum atomic E-state index is -1.14. The summed E-state index contributed by atoms with van der Waals surface area (Å²) in [5.41, 5.74) is 3.50. The first-order valence-corrected chi connectivity index (χ1v) is 16.1. The second-order valence-corrected chi connectivity index (χ2v) is 16.6. The van der Waals surface area contributed by atoms with Crippen molar-refractivity contribution in [1.82, 2.24) is 19.7 Å². The fourth-order valence-electron chi connectivity index (χ4n) is 3.45. The van der Waals surface area contributed by atoms with E-state index in [4.69, 9.17) is 16.3 Å². The average molecular weight is 513 g/mol. The van der Waals surface area contributed by atoms with Gasteiger partial charge in [-0.25, -0.2) is 9.67 Å². The Balaban J connectivity index is 1.64. The van der Waals surface area contributed by atoms with Gasteiger partial charge >= 0.3 is 0 Å². The van der Waals surface area contributed by atoms with Gasteiger partial charge in [-0.05, 0) is 54.4 Å². The summed E-state index contributed by atoms with van der Waals surface area (Å²) in [5.74, 6) is 0.568. The van der Waals surface area contributed by atoms with Crippen LogP contribution < -0.4 is 0 Å². The zero-order chi connectivity index (χ0) is 24.3. The highest BCUT2D eigenvalue weighted by atomic mass is 35.5. The van der Waals surface area contributed by atoms with Crippen LogP contribution in [0.25, 0.3) is 21.1 Å². The summed E-state index contributed by atoms with van der Waals surface area (Å²) < 4.78 is 7.52. The maximum Gasteiger partial charge on any atom is 0.191 e. The molecule has 0 bridgehead atoms. The average Bonchev–Trinajstić information content (AvgIpc) is 3.43. The molecule has 6 nitrogen and oxygen atoms in total. The third kappa shape index (κ3) is 6.19. The Bertz CT molecular complexity index is 1250. The number of ether oxygens (including phenoxy) is 1. The third-order valence-corrected chi connectivity index (χ3v) is 8.53. The normalized spacial score (nSPS) is 12.8. The van der Waals surface area contributed by atoms with Crippen LogP contribution in [0, 0.1) is 6.92 Å². The van der Waals surface area contributed by atoms with Crippen LogP contribution in [0.1, 0.15) is 22.9 Å². The molecule has 1 aromatic carbocycles. The highest BCUT2D eigenvalue weighted by Crippen LogP contribution is 2.41. The minimum absolute atomic E-state index is 0.355. The molecular weight excluding hydrogens is 484 g/mol. The van der Waals surface area contributed by atoms with E-state index in [1.165, 1.54) is 0 Å². The lowest BCUT2D eigenvalue weighted by atomic mass is 10.0. The molecule has 9 heteroatoms. The van der Waals surface area contributed by atoms with Crippen LogP contribution >= 0.6 is 22.9 Å². The fraction of sp³-hybridized carbons (Fsp3) is 0.320. The molecule has 0 radical (unpaired) electrons. The van der Waals surface area contributed by atoms with E-state index in [-0.39, 0.29) is 0 Å². The van der Waals surface area contributed by atoms with E-state index in [9.17, 15) is 5.11 Å². The molecule has 1 unspecified atom stereocenters. The molecule has 0 aliphatic heterocycles. The lowest BCUT2D eigenvalue weighted by molar-refractivity contribution is 0.0785. The molecule has 178 valence electrons. The number of thiophene rings is 1. The predicted octanol–water partition coefficient (Wildman–Crippen LogP) is 6.42. The van der Waals surface area contributed by atoms with Crippen LogP contribution in [0.3, 0.4) is 0 Å². The van der Waals surface area contributed by atoms with E-state index in [0.29, 0.717) is 17.6 Å². The van der Waals surface area contributed by atoms with Gasteiger partial charge in [-0.15, -0.1) is 16.4 Å². The first kappa shape index (κ1) is 24.8. The summed E-state index contributed by atoms with van der Waals surface area (Å²) in [6.45, 7) is 10.0. The second kappa shape index (κ2) is 10.5. The summed E-state index contributed by atoms with van der Waals surface area (Å²) in [4.78, 5) is 10.7. The van der Waals surface area contributed by atoms with Crippen molar-refractivity contribution in [1.29, 1.82) is 0 Å². The Kier molecular flexibility index (Phi) is 7.64. The van der Waals surface area contributed by atoms with E-state index >= 15 is 0 Å². The van der Waals surface area contributed by atoms with Crippen molar-refractivity contribution in [2.75, 3.05) is 6.61 Å². The lowest BCUT2D eigenvalue weighted by Crippen LogP contribution is -2.22. The molecule has 3 heterocycles. The Morgan fingerprint density at radius 2 is 1.88 bits per heavy atom. The molecule has 0 saturated heterocycles. The van der Waals surface area contributed by atoms with Crippen molar-refractivity contribution >= 4 is 31.0 Å². The van der Waals surface area contributed by atoms with E-state index in [0.717, 1.165) is 44.8 Å². The maximum absolute atomic E-state index is 11.3. The van der Waals surface area contributed by atoms with Crippen molar-refractivity contribution in [3.63, 3.8) is 0 Å². The second-order valence-electron chi connectivity index (χ2n) is 9.49. The van der Waals surface area contributed by atoms with Crippen LogP contribution in [-0.4, -0.2) is 39.5 Å². The quantitative estimate of drug-likeness (QED) is 0.207. The van der Waals surface area contributed by atoms with Gasteiger partial charge in [-0.1, -0.05) is 43.4 Å². The van der Waals surface area contributed by atoms with E-state index in [2.05, 4.69) is 34.7 Å². The number of aliphatic hydroxyl groups excluding tert-OH is 1. The van der Waals surface area contributed by atoms with Gasteiger partial charge in [0.1, 0.15) is 19.2 Å². The predicted molar refractivity (Wildman–Crippen MR) is 141 cm³/mol. The van der Waals surface area contributed by atoms with Gasteiger partial charge in [0.05, 0.1) is 4.88 Å². The number of halogens is 1. The van der Waals surface area contributed by atoms with E-state index < -0.39 is 14.2 Å². The highest BCUT2D eigenvalue weighted by Gasteiger charge is 2.23. The number of hydrogen-bond donors (Lipinski definition) is 1. The molecule has 0 fully saturated rings. The molecule has 4 rings (SSSR count). The largest absolute Gasteiger partial charge is 0.384 e. The summed E-state index contributed by atoms with van der Waals surface area (Å²) in [6.07, 6.45) is 2.64. The Hall–Kier alpha value is -2.36. The summed E-state index contributed by atoms with van der Waals surface area (Å²) in [7, 11) is -1.14. The Morgan fingerprint density at radius 3 is 2.59 bits per heavy atom. The zero-order valence-corrected chi connectivity index (χ0v) is 22.4. The summed E-state index contributed by atoms with van der Waals surface area (Å²) in [5, 5.41) is 16.5. The Labute approximate surface area is 210 Å². The molecule has 34 heavy (non-hydrogen) atoms. The number of nitrogens with zero attached hydrogens (tertiary/aromatic N) is 4. The molecule has 4 aromatic rings. The topological polar surface area (TPSA) is 73.1 Å². The van der Waals surface area contributed by atoms with E-state index in [1.54, 1.807) is 40.7 Å². The summed E-state index contributed by atoms with van der Waals surface area (Å²) >= 11 is 7.61. The lowest BCUT2D eigenvalue weighted by Gasteiger charge is -2.15. The smallest absolute Gasteiger partial charge is 0.191 e. The van der Waals surface area contributed by atoms with Gasteiger partial charge in [0, 0.05) is 42.0 Å². The van der Waals surface area contributed by atoms with Gasteiger partial charge in [-0.3, -0.25) is 4.98 Å². The van der Waals surface area contributed by atoms with Gasteiger partial charge in [0.25, 0.3) is 0 Å². The van der Waals surface area contributed by atoms with Gasteiger partial charge in [0.2, 0.25) is 0 Å². The first-order valence-electron chi connectivity index (χ1n) is 11.2. The highest BCUT2D eigenvalue weighted by molar-refractivity contribution is 7.19. The number of aryl methyl sites for hydroxylation is 1. The van der Waals surface area contributed by atoms with Crippen LogP contribution in [0.5, 0.6) is 0 Å². The van der Waals surface area contributed by atoms with Gasteiger partial charge < -0.3 is 9.84 Å². The van der Waals surface area contributed by atoms with Crippen LogP contribution in [-0.2, 0) is 11.5 Å². The van der Waals surface area contributed by atoms with Crippen molar-refractivity contribution in [3.05, 3.63) is 76.8 Å². The number of aliphatic hydroxyl groups is 1. The van der Waals surface area contributed by atoms with Gasteiger partial charge in [0.15, 0.2) is 5.82 Å². The van der Waals surface area contributed by atoms with Crippen molar-refractivity contribution in [2.45, 2.75) is 45.4 Å². The number of hydrogen-bond acceptors (Lipinski definition) is 6. The minimum Gasteiger partial charge on any atom is -0.384 e. The molecule has 1 N–H and O–H groups in total.